The Labute approximate surface area is 170 Å². The lowest BCUT2D eigenvalue weighted by atomic mass is 10.0. The molecule has 1 atom stereocenters. The van der Waals surface area contributed by atoms with Crippen LogP contribution in [-0.2, 0) is 16.2 Å². The number of fused-ring (bicyclic) bond motifs is 1. The minimum atomic E-state index is -4.74. The zero-order valence-electron chi connectivity index (χ0n) is 15.8. The summed E-state index contributed by atoms with van der Waals surface area (Å²) in [6, 6.07) is 6.20. The third kappa shape index (κ3) is 4.68. The number of allylic oxidation sites excluding steroid dienone is 2. The number of nitrogens with zero attached hydrogens (tertiary/aromatic N) is 3. The second-order valence-electron chi connectivity index (χ2n) is 6.53. The third-order valence-corrected chi connectivity index (χ3v) is 4.32. The number of oxime groups is 1. The van der Waals surface area contributed by atoms with E-state index in [2.05, 4.69) is 19.9 Å². The number of benzene rings is 1. The molecule has 0 saturated heterocycles. The predicted molar refractivity (Wildman–Crippen MR) is 102 cm³/mol. The quantitative estimate of drug-likeness (QED) is 0.736. The number of hydrogen-bond acceptors (Lipinski definition) is 6. The fourth-order valence-corrected chi connectivity index (χ4v) is 2.95. The van der Waals surface area contributed by atoms with E-state index < -0.39 is 6.36 Å². The number of rotatable bonds is 4. The summed E-state index contributed by atoms with van der Waals surface area (Å²) in [5.74, 6) is 0.530. The lowest BCUT2D eigenvalue weighted by molar-refractivity contribution is -0.274. The number of aromatic nitrogens is 2. The molecule has 9 heteroatoms. The molecule has 1 unspecified atom stereocenters. The summed E-state index contributed by atoms with van der Waals surface area (Å²) in [4.78, 5) is 13.6. The highest BCUT2D eigenvalue weighted by Crippen LogP contribution is 2.31. The summed E-state index contributed by atoms with van der Waals surface area (Å²) < 4.78 is 47.3. The highest BCUT2D eigenvalue weighted by molar-refractivity contribution is 5.99. The Morgan fingerprint density at radius 1 is 1.13 bits per heavy atom. The summed E-state index contributed by atoms with van der Waals surface area (Å²) in [7, 11) is 0. The molecule has 2 aliphatic rings. The zero-order chi connectivity index (χ0) is 21.1. The Hall–Kier alpha value is -3.62. The van der Waals surface area contributed by atoms with Gasteiger partial charge in [0.2, 0.25) is 0 Å². The standard InChI is InChI=1S/C21H16F3N3O3/c1-13-9-14(4-6-18(13)29-21(22,23)24)15-3-5-17-11-16(10-15)20(27-30-17)28-12-19-25-7-2-8-26-19/h2-11,17H,12H2,1H3. The monoisotopic (exact) mass is 415 g/mol. The fraction of sp³-hybridized carbons (Fsp3) is 0.190. The van der Waals surface area contributed by atoms with Crippen LogP contribution in [0.15, 0.2) is 71.7 Å². The summed E-state index contributed by atoms with van der Waals surface area (Å²) in [6.45, 7) is 1.67. The first kappa shape index (κ1) is 19.7. The molecule has 0 N–H and O–H groups in total. The molecule has 0 fully saturated rings. The van der Waals surface area contributed by atoms with E-state index in [1.54, 1.807) is 43.6 Å². The minimum Gasteiger partial charge on any atom is -0.467 e. The van der Waals surface area contributed by atoms with Gasteiger partial charge < -0.3 is 14.3 Å². The molecule has 0 saturated carbocycles. The van der Waals surface area contributed by atoms with Crippen LogP contribution in [0.5, 0.6) is 5.75 Å². The van der Waals surface area contributed by atoms with Crippen LogP contribution in [-0.4, -0.2) is 28.3 Å². The Bertz CT molecular complexity index is 1060. The number of aryl methyl sites for hydroxylation is 1. The van der Waals surface area contributed by atoms with E-state index >= 15 is 0 Å². The summed E-state index contributed by atoms with van der Waals surface area (Å²) >= 11 is 0. The van der Waals surface area contributed by atoms with Crippen molar-refractivity contribution in [2.45, 2.75) is 26.0 Å². The summed E-state index contributed by atoms with van der Waals surface area (Å²) in [6.07, 6.45) is 5.42. The molecule has 6 nitrogen and oxygen atoms in total. The van der Waals surface area contributed by atoms with Crippen LogP contribution < -0.4 is 4.74 Å². The van der Waals surface area contributed by atoms with E-state index in [0.717, 1.165) is 11.1 Å². The molecule has 1 aliphatic carbocycles. The second-order valence-corrected chi connectivity index (χ2v) is 6.53. The molecule has 30 heavy (non-hydrogen) atoms. The van der Waals surface area contributed by atoms with Crippen LogP contribution in [0.2, 0.25) is 0 Å². The lowest BCUT2D eigenvalue weighted by Gasteiger charge is -2.16. The number of alkyl halides is 3. The van der Waals surface area contributed by atoms with Crippen molar-refractivity contribution < 1.29 is 27.5 Å². The molecule has 1 aromatic heterocycles. The van der Waals surface area contributed by atoms with Gasteiger partial charge in [0.15, 0.2) is 11.9 Å². The number of halogens is 3. The largest absolute Gasteiger partial charge is 0.573 e. The topological polar surface area (TPSA) is 65.8 Å². The van der Waals surface area contributed by atoms with E-state index in [4.69, 9.17) is 9.57 Å². The van der Waals surface area contributed by atoms with Gasteiger partial charge in [-0.1, -0.05) is 12.1 Å². The van der Waals surface area contributed by atoms with Crippen LogP contribution >= 0.6 is 0 Å². The number of hydrogen-bond donors (Lipinski definition) is 0. The van der Waals surface area contributed by atoms with E-state index in [9.17, 15) is 13.2 Å². The molecule has 154 valence electrons. The average molecular weight is 415 g/mol. The maximum atomic E-state index is 12.5. The van der Waals surface area contributed by atoms with Crippen molar-refractivity contribution in [3.8, 4) is 5.75 Å². The van der Waals surface area contributed by atoms with Crippen LogP contribution in [0.3, 0.4) is 0 Å². The molecule has 1 aromatic carbocycles. The normalized spacial score (nSPS) is 17.9. The van der Waals surface area contributed by atoms with Gasteiger partial charge in [-0.2, -0.15) is 0 Å². The highest BCUT2D eigenvalue weighted by atomic mass is 19.4. The Morgan fingerprint density at radius 3 is 2.67 bits per heavy atom. The van der Waals surface area contributed by atoms with Gasteiger partial charge in [-0.25, -0.2) is 9.97 Å². The SMILES string of the molecule is Cc1cc(C2=CC3=CC(C=C2)ON=C3OCc2ncccn2)ccc1OC(F)(F)F. The maximum absolute atomic E-state index is 12.5. The summed E-state index contributed by atoms with van der Waals surface area (Å²) in [5.41, 5.74) is 2.54. The highest BCUT2D eigenvalue weighted by Gasteiger charge is 2.31. The second kappa shape index (κ2) is 8.02. The van der Waals surface area contributed by atoms with Crippen LogP contribution in [0, 0.1) is 6.92 Å². The van der Waals surface area contributed by atoms with Gasteiger partial charge in [-0.3, -0.25) is 0 Å². The maximum Gasteiger partial charge on any atom is 0.573 e. The van der Waals surface area contributed by atoms with Crippen LogP contribution in [0.25, 0.3) is 5.57 Å². The van der Waals surface area contributed by atoms with Gasteiger partial charge in [0.25, 0.3) is 5.90 Å². The molecular formula is C21H16F3N3O3. The predicted octanol–water partition coefficient (Wildman–Crippen LogP) is 4.49. The molecule has 0 radical (unpaired) electrons. The Morgan fingerprint density at radius 2 is 1.93 bits per heavy atom. The van der Waals surface area contributed by atoms with E-state index in [1.165, 1.54) is 6.07 Å². The number of ether oxygens (including phenoxy) is 2. The van der Waals surface area contributed by atoms with Crippen molar-refractivity contribution in [2.24, 2.45) is 5.16 Å². The average Bonchev–Trinajstić information content (AvgIpc) is 2.88. The molecule has 0 spiro atoms. The van der Waals surface area contributed by atoms with Crippen molar-refractivity contribution >= 4 is 11.5 Å². The molecule has 2 heterocycles. The smallest absolute Gasteiger partial charge is 0.467 e. The van der Waals surface area contributed by atoms with Gasteiger partial charge in [-0.15, -0.1) is 13.2 Å². The van der Waals surface area contributed by atoms with E-state index in [-0.39, 0.29) is 24.4 Å². The minimum absolute atomic E-state index is 0.115. The van der Waals surface area contributed by atoms with Crippen molar-refractivity contribution in [3.63, 3.8) is 0 Å². The van der Waals surface area contributed by atoms with Gasteiger partial charge >= 0.3 is 6.36 Å². The Kier molecular flexibility index (Phi) is 5.26. The first-order valence-electron chi connectivity index (χ1n) is 8.99. The van der Waals surface area contributed by atoms with Crippen molar-refractivity contribution in [1.29, 1.82) is 0 Å². The Balaban J connectivity index is 1.55. The van der Waals surface area contributed by atoms with E-state index in [1.807, 2.05) is 18.2 Å². The van der Waals surface area contributed by atoms with Crippen molar-refractivity contribution in [2.75, 3.05) is 0 Å². The molecule has 4 rings (SSSR count). The third-order valence-electron chi connectivity index (χ3n) is 4.32. The van der Waals surface area contributed by atoms with Crippen LogP contribution in [0.4, 0.5) is 13.2 Å². The van der Waals surface area contributed by atoms with Gasteiger partial charge in [-0.05, 0) is 65.2 Å². The first-order chi connectivity index (χ1) is 14.4. The molecule has 2 aromatic rings. The molecule has 1 aliphatic heterocycles. The molecule has 0 amide bonds. The van der Waals surface area contributed by atoms with Gasteiger partial charge in [0.05, 0.1) is 0 Å². The van der Waals surface area contributed by atoms with Crippen LogP contribution in [0.1, 0.15) is 17.0 Å². The fourth-order valence-electron chi connectivity index (χ4n) is 2.95. The van der Waals surface area contributed by atoms with Gasteiger partial charge in [0, 0.05) is 18.0 Å². The molecule has 2 bridgehead atoms. The zero-order valence-corrected chi connectivity index (χ0v) is 15.8. The van der Waals surface area contributed by atoms with Gasteiger partial charge in [0.1, 0.15) is 12.4 Å². The first-order valence-corrected chi connectivity index (χ1v) is 8.99. The lowest BCUT2D eigenvalue weighted by Crippen LogP contribution is -2.17. The van der Waals surface area contributed by atoms with Crippen molar-refractivity contribution in [3.05, 3.63) is 83.5 Å². The summed E-state index contributed by atoms with van der Waals surface area (Å²) in [5, 5.41) is 4.02. The van der Waals surface area contributed by atoms with Crippen molar-refractivity contribution in [1.82, 2.24) is 9.97 Å². The molecular weight excluding hydrogens is 399 g/mol. The van der Waals surface area contributed by atoms with E-state index in [0.29, 0.717) is 17.0 Å².